The van der Waals surface area contributed by atoms with Gasteiger partial charge in [-0.15, -0.1) is 0 Å². The third kappa shape index (κ3) is 7.26. The fourth-order valence-corrected chi connectivity index (χ4v) is 1.61. The van der Waals surface area contributed by atoms with Crippen LogP contribution in [0.5, 0.6) is 0 Å². The van der Waals surface area contributed by atoms with Crippen molar-refractivity contribution in [2.75, 3.05) is 20.6 Å². The maximum Gasteiger partial charge on any atom is 0.241 e. The van der Waals surface area contributed by atoms with Gasteiger partial charge in [0.25, 0.3) is 0 Å². The van der Waals surface area contributed by atoms with Crippen molar-refractivity contribution in [1.82, 2.24) is 10.2 Å². The number of carbonyl (C=O) groups is 2. The summed E-state index contributed by atoms with van der Waals surface area (Å²) in [6, 6.07) is 0. The van der Waals surface area contributed by atoms with Gasteiger partial charge in [-0.2, -0.15) is 0 Å². The predicted molar refractivity (Wildman–Crippen MR) is 64.9 cm³/mol. The Hall–Kier alpha value is -1.06. The van der Waals surface area contributed by atoms with Gasteiger partial charge in [0.1, 0.15) is 0 Å². The molecule has 0 aliphatic rings. The molecule has 0 heterocycles. The Labute approximate surface area is 98.4 Å². The lowest BCUT2D eigenvalue weighted by Crippen LogP contribution is -2.36. The molecule has 0 aliphatic heterocycles. The van der Waals surface area contributed by atoms with E-state index in [0.717, 1.165) is 6.42 Å². The summed E-state index contributed by atoms with van der Waals surface area (Å²) in [5.74, 6) is 0.855. The molecule has 2 amide bonds. The molecular weight excluding hydrogens is 204 g/mol. The highest BCUT2D eigenvalue weighted by Gasteiger charge is 2.12. The van der Waals surface area contributed by atoms with Gasteiger partial charge in [0.05, 0.1) is 6.54 Å². The summed E-state index contributed by atoms with van der Waals surface area (Å²) in [5.41, 5.74) is 0. The van der Waals surface area contributed by atoms with Crippen LogP contribution in [0.15, 0.2) is 0 Å². The SMILES string of the molecule is CC(C)C[C@@H](C)CC(=O)NCC(=O)N(C)C. The van der Waals surface area contributed by atoms with E-state index in [9.17, 15) is 9.59 Å². The molecule has 1 N–H and O–H groups in total. The second-order valence-electron chi connectivity index (χ2n) is 5.00. The summed E-state index contributed by atoms with van der Waals surface area (Å²) >= 11 is 0. The number of amides is 2. The first kappa shape index (κ1) is 14.9. The van der Waals surface area contributed by atoms with Crippen LogP contribution in [0.3, 0.4) is 0 Å². The van der Waals surface area contributed by atoms with Crippen LogP contribution in [0, 0.1) is 11.8 Å². The Morgan fingerprint density at radius 2 is 1.75 bits per heavy atom. The van der Waals surface area contributed by atoms with Crippen molar-refractivity contribution >= 4 is 11.8 Å². The minimum Gasteiger partial charge on any atom is -0.347 e. The van der Waals surface area contributed by atoms with Gasteiger partial charge in [0.15, 0.2) is 0 Å². The number of likely N-dealkylation sites (N-methyl/N-ethyl adjacent to an activating group) is 1. The maximum atomic E-state index is 11.5. The summed E-state index contributed by atoms with van der Waals surface area (Å²) in [4.78, 5) is 24.2. The minimum atomic E-state index is -0.0788. The molecule has 94 valence electrons. The zero-order chi connectivity index (χ0) is 12.7. The van der Waals surface area contributed by atoms with E-state index in [2.05, 4.69) is 26.1 Å². The molecule has 0 rings (SSSR count). The van der Waals surface area contributed by atoms with Crippen LogP contribution < -0.4 is 5.32 Å². The summed E-state index contributed by atoms with van der Waals surface area (Å²) in [6.07, 6.45) is 1.54. The van der Waals surface area contributed by atoms with Gasteiger partial charge < -0.3 is 10.2 Å². The zero-order valence-electron chi connectivity index (χ0n) is 11.0. The number of nitrogens with zero attached hydrogens (tertiary/aromatic N) is 1. The van der Waals surface area contributed by atoms with E-state index in [0.29, 0.717) is 18.3 Å². The molecule has 1 atom stereocenters. The first-order valence-electron chi connectivity index (χ1n) is 5.79. The Kier molecular flexibility index (Phi) is 6.77. The highest BCUT2D eigenvalue weighted by molar-refractivity contribution is 5.84. The van der Waals surface area contributed by atoms with Crippen LogP contribution in [0.4, 0.5) is 0 Å². The molecule has 0 fully saturated rings. The molecule has 0 unspecified atom stereocenters. The smallest absolute Gasteiger partial charge is 0.241 e. The van der Waals surface area contributed by atoms with E-state index in [-0.39, 0.29) is 18.4 Å². The quantitative estimate of drug-likeness (QED) is 0.744. The van der Waals surface area contributed by atoms with E-state index in [4.69, 9.17) is 0 Å². The molecule has 4 nitrogen and oxygen atoms in total. The molecule has 16 heavy (non-hydrogen) atoms. The van der Waals surface area contributed by atoms with Crippen LogP contribution >= 0.6 is 0 Å². The summed E-state index contributed by atoms with van der Waals surface area (Å²) < 4.78 is 0. The van der Waals surface area contributed by atoms with Crippen LogP contribution in [0.2, 0.25) is 0 Å². The molecular formula is C12H24N2O2. The molecule has 0 saturated heterocycles. The Morgan fingerprint density at radius 3 is 2.19 bits per heavy atom. The Balaban J connectivity index is 3.78. The maximum absolute atomic E-state index is 11.5. The van der Waals surface area contributed by atoms with E-state index in [1.54, 1.807) is 14.1 Å². The van der Waals surface area contributed by atoms with Crippen molar-refractivity contribution in [2.24, 2.45) is 11.8 Å². The molecule has 0 aliphatic carbocycles. The molecule has 0 aromatic heterocycles. The highest BCUT2D eigenvalue weighted by Crippen LogP contribution is 2.13. The van der Waals surface area contributed by atoms with Gasteiger partial charge in [-0.05, 0) is 18.3 Å². The lowest BCUT2D eigenvalue weighted by atomic mass is 9.96. The number of rotatable bonds is 6. The minimum absolute atomic E-state index is 0.0386. The van der Waals surface area contributed by atoms with Crippen molar-refractivity contribution in [3.05, 3.63) is 0 Å². The molecule has 0 spiro atoms. The fourth-order valence-electron chi connectivity index (χ4n) is 1.61. The molecule has 4 heteroatoms. The van der Waals surface area contributed by atoms with Crippen LogP contribution in [-0.2, 0) is 9.59 Å². The van der Waals surface area contributed by atoms with Crippen molar-refractivity contribution in [3.8, 4) is 0 Å². The third-order valence-electron chi connectivity index (χ3n) is 2.34. The lowest BCUT2D eigenvalue weighted by molar-refractivity contribution is -0.131. The van der Waals surface area contributed by atoms with E-state index < -0.39 is 0 Å². The summed E-state index contributed by atoms with van der Waals surface area (Å²) in [5, 5.41) is 2.64. The van der Waals surface area contributed by atoms with Crippen molar-refractivity contribution in [3.63, 3.8) is 0 Å². The van der Waals surface area contributed by atoms with Crippen LogP contribution in [0.25, 0.3) is 0 Å². The molecule has 0 aromatic carbocycles. The van der Waals surface area contributed by atoms with Crippen molar-refractivity contribution < 1.29 is 9.59 Å². The first-order valence-corrected chi connectivity index (χ1v) is 5.79. The van der Waals surface area contributed by atoms with Gasteiger partial charge >= 0.3 is 0 Å². The molecule has 0 radical (unpaired) electrons. The van der Waals surface area contributed by atoms with Gasteiger partial charge in [-0.25, -0.2) is 0 Å². The number of nitrogens with one attached hydrogen (secondary N) is 1. The molecule has 0 bridgehead atoms. The van der Waals surface area contributed by atoms with Gasteiger partial charge in [0, 0.05) is 20.5 Å². The summed E-state index contributed by atoms with van der Waals surface area (Å²) in [7, 11) is 3.35. The van der Waals surface area contributed by atoms with Gasteiger partial charge in [-0.1, -0.05) is 20.8 Å². The summed E-state index contributed by atoms with van der Waals surface area (Å²) in [6.45, 7) is 6.45. The second-order valence-corrected chi connectivity index (χ2v) is 5.00. The van der Waals surface area contributed by atoms with E-state index in [1.807, 2.05) is 0 Å². The highest BCUT2D eigenvalue weighted by atomic mass is 16.2. The Morgan fingerprint density at radius 1 is 1.19 bits per heavy atom. The third-order valence-corrected chi connectivity index (χ3v) is 2.34. The molecule has 0 saturated carbocycles. The van der Waals surface area contributed by atoms with Crippen LogP contribution in [0.1, 0.15) is 33.6 Å². The van der Waals surface area contributed by atoms with Crippen molar-refractivity contribution in [2.45, 2.75) is 33.6 Å². The average Bonchev–Trinajstić information content (AvgIpc) is 2.12. The largest absolute Gasteiger partial charge is 0.347 e. The topological polar surface area (TPSA) is 49.4 Å². The van der Waals surface area contributed by atoms with Crippen molar-refractivity contribution in [1.29, 1.82) is 0 Å². The van der Waals surface area contributed by atoms with Crippen LogP contribution in [-0.4, -0.2) is 37.4 Å². The standard InChI is InChI=1S/C12H24N2O2/c1-9(2)6-10(3)7-11(15)13-8-12(16)14(4)5/h9-10H,6-8H2,1-5H3,(H,13,15)/t10-/m1/s1. The van der Waals surface area contributed by atoms with E-state index >= 15 is 0 Å². The predicted octanol–water partition coefficient (Wildman–Crippen LogP) is 1.26. The van der Waals surface area contributed by atoms with E-state index in [1.165, 1.54) is 4.90 Å². The molecule has 0 aromatic rings. The normalized spacial score (nSPS) is 12.4. The second kappa shape index (κ2) is 7.25. The Bertz CT molecular complexity index is 237. The van der Waals surface area contributed by atoms with Gasteiger partial charge in [-0.3, -0.25) is 9.59 Å². The number of hydrogen-bond acceptors (Lipinski definition) is 2. The zero-order valence-corrected chi connectivity index (χ0v) is 11.0. The number of hydrogen-bond donors (Lipinski definition) is 1. The fraction of sp³-hybridized carbons (Fsp3) is 0.833. The average molecular weight is 228 g/mol. The van der Waals surface area contributed by atoms with Gasteiger partial charge in [0.2, 0.25) is 11.8 Å². The lowest BCUT2D eigenvalue weighted by Gasteiger charge is -2.14. The monoisotopic (exact) mass is 228 g/mol. The first-order chi connectivity index (χ1) is 7.32. The number of carbonyl (C=O) groups excluding carboxylic acids is 2.